The zero-order valence-corrected chi connectivity index (χ0v) is 10.4. The standard InChI is InChI=1S/C7H8O3S.C5H8O/c1-6-2-4-7(5-3-6)11(8,9)10;1-2-3-4-5-6/h2-5H,1H3,(H,8,9,10);2,4-6H,1,3H2. The van der Waals surface area contributed by atoms with E-state index in [-0.39, 0.29) is 4.90 Å². The minimum atomic E-state index is -4.02. The summed E-state index contributed by atoms with van der Waals surface area (Å²) in [7, 11) is -4.02. The van der Waals surface area contributed by atoms with Crippen LogP contribution in [0.25, 0.3) is 0 Å². The van der Waals surface area contributed by atoms with Gasteiger partial charge in [-0.25, -0.2) is 0 Å². The summed E-state index contributed by atoms with van der Waals surface area (Å²) >= 11 is 0. The number of hydrogen-bond acceptors (Lipinski definition) is 3. The molecule has 0 amide bonds. The van der Waals surface area contributed by atoms with Gasteiger partial charge in [0.2, 0.25) is 0 Å². The second-order valence-corrected chi connectivity index (χ2v) is 4.62. The summed E-state index contributed by atoms with van der Waals surface area (Å²) in [5.41, 5.74) is 0.956. The van der Waals surface area contributed by atoms with Crippen molar-refractivity contribution in [3.63, 3.8) is 0 Å². The molecule has 2 N–H and O–H groups in total. The SMILES string of the molecule is C=CCC=CO.Cc1ccc(S(=O)(=O)O)cc1. The molecule has 1 rings (SSSR count). The van der Waals surface area contributed by atoms with Gasteiger partial charge in [0.15, 0.2) is 0 Å². The predicted molar refractivity (Wildman–Crippen MR) is 67.6 cm³/mol. The fourth-order valence-electron chi connectivity index (χ4n) is 0.867. The van der Waals surface area contributed by atoms with E-state index in [1.807, 2.05) is 6.92 Å². The van der Waals surface area contributed by atoms with Gasteiger partial charge in [-0.3, -0.25) is 4.55 Å². The smallest absolute Gasteiger partial charge is 0.294 e. The lowest BCUT2D eigenvalue weighted by Crippen LogP contribution is -1.96. The zero-order valence-electron chi connectivity index (χ0n) is 9.57. The van der Waals surface area contributed by atoms with Gasteiger partial charge >= 0.3 is 0 Å². The number of aliphatic hydroxyl groups is 1. The first-order valence-corrected chi connectivity index (χ1v) is 6.30. The highest BCUT2D eigenvalue weighted by molar-refractivity contribution is 7.85. The van der Waals surface area contributed by atoms with Crippen molar-refractivity contribution in [3.8, 4) is 0 Å². The Labute approximate surface area is 102 Å². The molecule has 0 spiro atoms. The quantitative estimate of drug-likeness (QED) is 0.495. The number of hydrogen-bond donors (Lipinski definition) is 2. The maximum absolute atomic E-state index is 10.5. The second kappa shape index (κ2) is 7.65. The fraction of sp³-hybridized carbons (Fsp3) is 0.167. The summed E-state index contributed by atoms with van der Waals surface area (Å²) in [5.74, 6) is 0. The summed E-state index contributed by atoms with van der Waals surface area (Å²) in [6, 6.07) is 5.99. The minimum Gasteiger partial charge on any atom is -0.516 e. The van der Waals surface area contributed by atoms with Gasteiger partial charge in [0.1, 0.15) is 0 Å². The van der Waals surface area contributed by atoms with E-state index in [9.17, 15) is 8.42 Å². The summed E-state index contributed by atoms with van der Waals surface area (Å²) < 4.78 is 29.6. The third-order valence-electron chi connectivity index (χ3n) is 1.73. The van der Waals surface area contributed by atoms with Crippen LogP contribution in [-0.4, -0.2) is 18.1 Å². The van der Waals surface area contributed by atoms with Crippen LogP contribution in [0.5, 0.6) is 0 Å². The Hall–Kier alpha value is -1.59. The Morgan fingerprint density at radius 3 is 2.12 bits per heavy atom. The van der Waals surface area contributed by atoms with Gasteiger partial charge in [-0.1, -0.05) is 23.8 Å². The molecule has 4 nitrogen and oxygen atoms in total. The predicted octanol–water partition coefficient (Wildman–Crippen LogP) is 2.88. The number of aryl methyl sites for hydroxylation is 1. The molecule has 0 aliphatic rings. The van der Waals surface area contributed by atoms with E-state index >= 15 is 0 Å². The highest BCUT2D eigenvalue weighted by atomic mass is 32.2. The number of benzene rings is 1. The summed E-state index contributed by atoms with van der Waals surface area (Å²) in [6.45, 7) is 5.28. The molecule has 0 atom stereocenters. The lowest BCUT2D eigenvalue weighted by molar-refractivity contribution is 0.471. The molecule has 94 valence electrons. The van der Waals surface area contributed by atoms with E-state index in [0.29, 0.717) is 0 Å². The fourth-order valence-corrected chi connectivity index (χ4v) is 1.35. The molecule has 0 aromatic heterocycles. The van der Waals surface area contributed by atoms with Gasteiger partial charge in [-0.15, -0.1) is 6.58 Å². The Morgan fingerprint density at radius 2 is 1.82 bits per heavy atom. The molecule has 17 heavy (non-hydrogen) atoms. The Balaban J connectivity index is 0.000000366. The Morgan fingerprint density at radius 1 is 1.29 bits per heavy atom. The van der Waals surface area contributed by atoms with Crippen molar-refractivity contribution < 1.29 is 18.1 Å². The maximum Gasteiger partial charge on any atom is 0.294 e. The van der Waals surface area contributed by atoms with E-state index < -0.39 is 10.1 Å². The van der Waals surface area contributed by atoms with E-state index in [2.05, 4.69) is 6.58 Å². The molecule has 0 radical (unpaired) electrons. The van der Waals surface area contributed by atoms with Gasteiger partial charge in [0.25, 0.3) is 10.1 Å². The average molecular weight is 256 g/mol. The summed E-state index contributed by atoms with van der Waals surface area (Å²) in [4.78, 5) is -0.0666. The molecule has 1 aromatic carbocycles. The van der Waals surface area contributed by atoms with Gasteiger partial charge in [-0.2, -0.15) is 8.42 Å². The first-order chi connectivity index (χ1) is 7.91. The summed E-state index contributed by atoms with van der Waals surface area (Å²) in [6.07, 6.45) is 5.10. The van der Waals surface area contributed by atoms with Crippen molar-refractivity contribution >= 4 is 10.1 Å². The monoisotopic (exact) mass is 256 g/mol. The van der Waals surface area contributed by atoms with Crippen LogP contribution < -0.4 is 0 Å². The molecule has 0 fully saturated rings. The highest BCUT2D eigenvalue weighted by Crippen LogP contribution is 2.08. The number of rotatable bonds is 3. The Bertz CT molecular complexity index is 458. The molecule has 5 heteroatoms. The minimum absolute atomic E-state index is 0.0666. The molecule has 0 heterocycles. The molecule has 0 aliphatic carbocycles. The molecular formula is C12H16O4S. The Kier molecular flexibility index (Phi) is 6.93. The van der Waals surface area contributed by atoms with E-state index in [1.165, 1.54) is 12.1 Å². The summed E-state index contributed by atoms with van der Waals surface area (Å²) in [5, 5.41) is 7.97. The number of aliphatic hydroxyl groups excluding tert-OH is 1. The van der Waals surface area contributed by atoms with Gasteiger partial charge in [-0.05, 0) is 31.6 Å². The lowest BCUT2D eigenvalue weighted by atomic mass is 10.2. The lowest BCUT2D eigenvalue weighted by Gasteiger charge is -1.95. The second-order valence-electron chi connectivity index (χ2n) is 3.20. The van der Waals surface area contributed by atoms with Crippen LogP contribution in [0.3, 0.4) is 0 Å². The largest absolute Gasteiger partial charge is 0.516 e. The molecule has 0 saturated carbocycles. The molecule has 0 bridgehead atoms. The van der Waals surface area contributed by atoms with Crippen LogP contribution in [0.1, 0.15) is 12.0 Å². The first-order valence-electron chi connectivity index (χ1n) is 4.86. The third kappa shape index (κ3) is 7.32. The third-order valence-corrected chi connectivity index (χ3v) is 2.59. The zero-order chi connectivity index (χ0) is 13.3. The van der Waals surface area contributed by atoms with Crippen molar-refractivity contribution in [2.75, 3.05) is 0 Å². The van der Waals surface area contributed by atoms with Crippen LogP contribution in [0.4, 0.5) is 0 Å². The van der Waals surface area contributed by atoms with Gasteiger partial charge in [0, 0.05) is 0 Å². The van der Waals surface area contributed by atoms with Crippen LogP contribution in [0.2, 0.25) is 0 Å². The van der Waals surface area contributed by atoms with Crippen LogP contribution >= 0.6 is 0 Å². The van der Waals surface area contributed by atoms with Crippen molar-refractivity contribution in [2.45, 2.75) is 18.2 Å². The van der Waals surface area contributed by atoms with Crippen molar-refractivity contribution in [3.05, 3.63) is 54.8 Å². The molecule has 0 unspecified atom stereocenters. The van der Waals surface area contributed by atoms with Crippen LogP contribution in [0, 0.1) is 6.92 Å². The van der Waals surface area contributed by atoms with Crippen LogP contribution in [0.15, 0.2) is 54.2 Å². The highest BCUT2D eigenvalue weighted by Gasteiger charge is 2.06. The van der Waals surface area contributed by atoms with Crippen LogP contribution in [-0.2, 0) is 10.1 Å². The molecule has 0 saturated heterocycles. The molecular weight excluding hydrogens is 240 g/mol. The van der Waals surface area contributed by atoms with Gasteiger partial charge in [0.05, 0.1) is 11.2 Å². The van der Waals surface area contributed by atoms with E-state index in [1.54, 1.807) is 24.3 Å². The van der Waals surface area contributed by atoms with E-state index in [0.717, 1.165) is 18.2 Å². The number of allylic oxidation sites excluding steroid dienone is 2. The molecule has 1 aromatic rings. The maximum atomic E-state index is 10.5. The van der Waals surface area contributed by atoms with Gasteiger partial charge < -0.3 is 5.11 Å². The normalized spacial score (nSPS) is 10.7. The van der Waals surface area contributed by atoms with Crippen molar-refractivity contribution in [1.82, 2.24) is 0 Å². The van der Waals surface area contributed by atoms with E-state index in [4.69, 9.17) is 9.66 Å². The first kappa shape index (κ1) is 15.4. The average Bonchev–Trinajstić information content (AvgIpc) is 2.26. The molecule has 0 aliphatic heterocycles. The van der Waals surface area contributed by atoms with Crippen molar-refractivity contribution in [1.29, 1.82) is 0 Å². The topological polar surface area (TPSA) is 74.6 Å². The van der Waals surface area contributed by atoms with Crippen molar-refractivity contribution in [2.24, 2.45) is 0 Å².